The predicted molar refractivity (Wildman–Crippen MR) is 125 cm³/mol. The Morgan fingerprint density at radius 1 is 1.09 bits per heavy atom. The van der Waals surface area contributed by atoms with Crippen molar-refractivity contribution < 1.29 is 19.1 Å². The van der Waals surface area contributed by atoms with Crippen LogP contribution in [0, 0.1) is 6.92 Å². The second kappa shape index (κ2) is 9.17. The maximum absolute atomic E-state index is 13.6. The second-order valence-electron chi connectivity index (χ2n) is 9.39. The Balaban J connectivity index is 1.98. The summed E-state index contributed by atoms with van der Waals surface area (Å²) >= 11 is 0. The number of rotatable bonds is 4. The fraction of sp³-hybridized carbons (Fsp3) is 0.385. The zero-order valence-electron chi connectivity index (χ0n) is 19.6. The number of hydrogen-bond donors (Lipinski definition) is 1. The van der Waals surface area contributed by atoms with E-state index in [0.717, 1.165) is 16.7 Å². The summed E-state index contributed by atoms with van der Waals surface area (Å²) < 4.78 is 11.4. The van der Waals surface area contributed by atoms with Gasteiger partial charge in [-0.05, 0) is 52.7 Å². The summed E-state index contributed by atoms with van der Waals surface area (Å²) in [6.45, 7) is 11.5. The third-order valence-electron chi connectivity index (χ3n) is 5.25. The topological polar surface area (TPSA) is 67.9 Å². The maximum atomic E-state index is 13.6. The lowest BCUT2D eigenvalue weighted by atomic mass is 10.0. The number of ether oxygens (including phenoxy) is 2. The Morgan fingerprint density at radius 2 is 1.72 bits per heavy atom. The Hall–Kier alpha value is -3.12. The predicted octanol–water partition coefficient (Wildman–Crippen LogP) is 5.20. The first-order valence-corrected chi connectivity index (χ1v) is 10.8. The van der Waals surface area contributed by atoms with Gasteiger partial charge in [0.2, 0.25) is 0 Å². The number of aryl methyl sites for hydroxylation is 1. The number of alkyl carbamates (subject to hydrolysis) is 1. The first kappa shape index (κ1) is 23.5. The van der Waals surface area contributed by atoms with Gasteiger partial charge < -0.3 is 14.4 Å². The van der Waals surface area contributed by atoms with E-state index in [-0.39, 0.29) is 11.9 Å². The van der Waals surface area contributed by atoms with Crippen molar-refractivity contribution in [3.63, 3.8) is 0 Å². The van der Waals surface area contributed by atoms with E-state index in [1.807, 2.05) is 75.4 Å². The minimum atomic E-state index is -0.795. The van der Waals surface area contributed by atoms with Crippen LogP contribution in [-0.2, 0) is 14.3 Å². The van der Waals surface area contributed by atoms with E-state index in [0.29, 0.717) is 12.3 Å². The van der Waals surface area contributed by atoms with Gasteiger partial charge in [0, 0.05) is 11.6 Å². The molecule has 0 spiro atoms. The molecule has 1 N–H and O–H groups in total. The fourth-order valence-electron chi connectivity index (χ4n) is 3.80. The number of nitrogens with one attached hydrogen (secondary N) is 1. The monoisotopic (exact) mass is 436 g/mol. The Labute approximate surface area is 190 Å². The van der Waals surface area contributed by atoms with Crippen molar-refractivity contribution in [2.24, 2.45) is 0 Å². The average Bonchev–Trinajstić information content (AvgIpc) is 3.02. The van der Waals surface area contributed by atoms with E-state index >= 15 is 0 Å². The molecular weight excluding hydrogens is 404 g/mol. The lowest BCUT2D eigenvalue weighted by Crippen LogP contribution is -2.44. The molecule has 6 heteroatoms. The molecule has 170 valence electrons. The molecule has 3 rings (SSSR count). The van der Waals surface area contributed by atoms with Crippen LogP contribution in [0.5, 0.6) is 0 Å². The summed E-state index contributed by atoms with van der Waals surface area (Å²) in [5.74, 6) is -0.254. The highest BCUT2D eigenvalue weighted by atomic mass is 16.6. The SMILES string of the molecule is Cc1ccccc1/C(=C\C(=O)N1[C@H](c2ccccc2)COC1(C)C)NC(=O)OC(C)(C)C. The molecule has 0 bridgehead atoms. The third kappa shape index (κ3) is 5.56. The van der Waals surface area contributed by atoms with E-state index in [1.165, 1.54) is 6.08 Å². The number of benzene rings is 2. The van der Waals surface area contributed by atoms with Gasteiger partial charge in [0.15, 0.2) is 0 Å². The molecule has 0 saturated carbocycles. The lowest BCUT2D eigenvalue weighted by molar-refractivity contribution is -0.140. The largest absolute Gasteiger partial charge is 0.444 e. The minimum absolute atomic E-state index is 0.227. The van der Waals surface area contributed by atoms with Crippen molar-refractivity contribution in [1.82, 2.24) is 10.2 Å². The summed E-state index contributed by atoms with van der Waals surface area (Å²) in [7, 11) is 0. The first-order valence-electron chi connectivity index (χ1n) is 10.8. The molecule has 1 aliphatic heterocycles. The molecule has 6 nitrogen and oxygen atoms in total. The van der Waals surface area contributed by atoms with Gasteiger partial charge in [-0.25, -0.2) is 4.79 Å². The van der Waals surface area contributed by atoms with Crippen LogP contribution in [0.2, 0.25) is 0 Å². The number of hydrogen-bond acceptors (Lipinski definition) is 4. The molecule has 1 saturated heterocycles. The van der Waals surface area contributed by atoms with Gasteiger partial charge in [0.1, 0.15) is 11.3 Å². The van der Waals surface area contributed by atoms with Gasteiger partial charge >= 0.3 is 6.09 Å². The summed E-state index contributed by atoms with van der Waals surface area (Å²) in [6.07, 6.45) is 0.842. The molecule has 1 aliphatic rings. The summed E-state index contributed by atoms with van der Waals surface area (Å²) in [5, 5.41) is 2.78. The van der Waals surface area contributed by atoms with Gasteiger partial charge in [-0.2, -0.15) is 0 Å². The second-order valence-corrected chi connectivity index (χ2v) is 9.39. The van der Waals surface area contributed by atoms with Crippen LogP contribution in [-0.4, -0.2) is 34.8 Å². The van der Waals surface area contributed by atoms with E-state index in [9.17, 15) is 9.59 Å². The van der Waals surface area contributed by atoms with Crippen molar-refractivity contribution in [1.29, 1.82) is 0 Å². The number of carbonyl (C=O) groups is 2. The van der Waals surface area contributed by atoms with Crippen LogP contribution in [0.25, 0.3) is 5.70 Å². The zero-order chi connectivity index (χ0) is 23.5. The number of carbonyl (C=O) groups excluding carboxylic acids is 2. The average molecular weight is 437 g/mol. The van der Waals surface area contributed by atoms with E-state index < -0.39 is 17.4 Å². The molecule has 1 atom stereocenters. The van der Waals surface area contributed by atoms with Crippen molar-refractivity contribution in [2.45, 2.75) is 58.9 Å². The van der Waals surface area contributed by atoms with Crippen LogP contribution < -0.4 is 5.32 Å². The van der Waals surface area contributed by atoms with Crippen LogP contribution in [0.15, 0.2) is 60.7 Å². The Bertz CT molecular complexity index is 1010. The van der Waals surface area contributed by atoms with E-state index in [4.69, 9.17) is 9.47 Å². The van der Waals surface area contributed by atoms with Gasteiger partial charge in [-0.3, -0.25) is 10.1 Å². The van der Waals surface area contributed by atoms with Crippen LogP contribution in [0.3, 0.4) is 0 Å². The Morgan fingerprint density at radius 3 is 2.34 bits per heavy atom. The third-order valence-corrected chi connectivity index (χ3v) is 5.25. The summed E-state index contributed by atoms with van der Waals surface area (Å²) in [4.78, 5) is 27.8. The molecule has 0 unspecified atom stereocenters. The van der Waals surface area contributed by atoms with Gasteiger partial charge in [0.25, 0.3) is 5.91 Å². The lowest BCUT2D eigenvalue weighted by Gasteiger charge is -2.33. The highest BCUT2D eigenvalue weighted by molar-refractivity contribution is 5.98. The van der Waals surface area contributed by atoms with E-state index in [2.05, 4.69) is 5.32 Å². The van der Waals surface area contributed by atoms with Crippen LogP contribution in [0.4, 0.5) is 4.79 Å². The highest BCUT2D eigenvalue weighted by Gasteiger charge is 2.43. The molecule has 2 aromatic rings. The van der Waals surface area contributed by atoms with Gasteiger partial charge in [0.05, 0.1) is 18.3 Å². The molecule has 1 heterocycles. The number of amides is 2. The first-order chi connectivity index (χ1) is 15.0. The molecule has 0 radical (unpaired) electrons. The van der Waals surface area contributed by atoms with Crippen LogP contribution in [0.1, 0.15) is 57.4 Å². The fourth-order valence-corrected chi connectivity index (χ4v) is 3.80. The minimum Gasteiger partial charge on any atom is -0.444 e. The van der Waals surface area contributed by atoms with Crippen molar-refractivity contribution in [2.75, 3.05) is 6.61 Å². The molecule has 0 aromatic heterocycles. The van der Waals surface area contributed by atoms with Crippen molar-refractivity contribution in [3.05, 3.63) is 77.4 Å². The highest BCUT2D eigenvalue weighted by Crippen LogP contribution is 2.37. The van der Waals surface area contributed by atoms with E-state index in [1.54, 1.807) is 25.7 Å². The molecule has 1 fully saturated rings. The zero-order valence-corrected chi connectivity index (χ0v) is 19.6. The normalized spacial score (nSPS) is 18.4. The maximum Gasteiger partial charge on any atom is 0.412 e. The molecule has 2 amide bonds. The molecule has 2 aromatic carbocycles. The summed E-state index contributed by atoms with van der Waals surface area (Å²) in [6, 6.07) is 17.2. The van der Waals surface area contributed by atoms with Crippen molar-refractivity contribution >= 4 is 17.7 Å². The van der Waals surface area contributed by atoms with Crippen LogP contribution >= 0.6 is 0 Å². The Kier molecular flexibility index (Phi) is 6.74. The van der Waals surface area contributed by atoms with Gasteiger partial charge in [-0.15, -0.1) is 0 Å². The van der Waals surface area contributed by atoms with Crippen molar-refractivity contribution in [3.8, 4) is 0 Å². The molecule has 32 heavy (non-hydrogen) atoms. The molecule has 0 aliphatic carbocycles. The summed E-state index contributed by atoms with van der Waals surface area (Å²) in [5.41, 5.74) is 1.61. The quantitative estimate of drug-likeness (QED) is 0.669. The molecular formula is C26H32N2O4. The standard InChI is InChI=1S/C26H32N2O4/c1-18-12-10-11-15-20(18)21(27-24(30)32-25(2,3)4)16-23(29)28-22(17-31-26(28,5)6)19-13-8-7-9-14-19/h7-16,22H,17H2,1-6H3,(H,27,30)/b21-16+/t22-/m0/s1. The number of nitrogens with zero attached hydrogens (tertiary/aromatic N) is 1. The van der Waals surface area contributed by atoms with Gasteiger partial charge in [-0.1, -0.05) is 54.6 Å². The smallest absolute Gasteiger partial charge is 0.412 e.